The quantitative estimate of drug-likeness (QED) is 0.449. The molecule has 0 spiro atoms. The first-order valence-electron chi connectivity index (χ1n) is 10.6. The number of aliphatic hydroxyl groups excluding tert-OH is 1. The number of benzene rings is 1. The molecule has 2 atom stereocenters. The second-order valence-corrected chi connectivity index (χ2v) is 7.68. The van der Waals surface area contributed by atoms with E-state index in [1.54, 1.807) is 0 Å². The Labute approximate surface area is 172 Å². The van der Waals surface area contributed by atoms with E-state index in [-0.39, 0.29) is 11.9 Å². The van der Waals surface area contributed by atoms with Gasteiger partial charge in [0.2, 0.25) is 5.91 Å². The SMILES string of the molecule is O=C1CCC[C@H](/C=C/[C@H](O)Cc2ccccc2)N1CCCCCCc1nn[nH]n1. The number of aromatic amines is 1. The third kappa shape index (κ3) is 7.09. The van der Waals surface area contributed by atoms with Crippen molar-refractivity contribution in [1.82, 2.24) is 25.5 Å². The number of piperidine rings is 1. The van der Waals surface area contributed by atoms with Gasteiger partial charge in [-0.1, -0.05) is 60.5 Å². The summed E-state index contributed by atoms with van der Waals surface area (Å²) in [5, 5.41) is 24.3. The summed E-state index contributed by atoms with van der Waals surface area (Å²) in [5.41, 5.74) is 1.11. The van der Waals surface area contributed by atoms with Gasteiger partial charge in [-0.05, 0) is 31.2 Å². The first kappa shape index (κ1) is 21.2. The van der Waals surface area contributed by atoms with Crippen LogP contribution in [-0.4, -0.2) is 55.2 Å². The number of nitrogens with one attached hydrogen (secondary N) is 1. The lowest BCUT2D eigenvalue weighted by Crippen LogP contribution is -2.43. The van der Waals surface area contributed by atoms with Gasteiger partial charge in [0.25, 0.3) is 0 Å². The van der Waals surface area contributed by atoms with Gasteiger partial charge in [-0.25, -0.2) is 0 Å². The summed E-state index contributed by atoms with van der Waals surface area (Å²) in [5.74, 6) is 0.991. The van der Waals surface area contributed by atoms with Gasteiger partial charge in [0, 0.05) is 25.8 Å². The van der Waals surface area contributed by atoms with Crippen molar-refractivity contribution in [3.63, 3.8) is 0 Å². The highest BCUT2D eigenvalue weighted by Crippen LogP contribution is 2.21. The molecule has 0 saturated carbocycles. The first-order valence-corrected chi connectivity index (χ1v) is 10.6. The van der Waals surface area contributed by atoms with Gasteiger partial charge in [-0.3, -0.25) is 4.79 Å². The van der Waals surface area contributed by atoms with Crippen molar-refractivity contribution in [2.45, 2.75) is 69.9 Å². The molecule has 1 saturated heterocycles. The average molecular weight is 398 g/mol. The van der Waals surface area contributed by atoms with Crippen LogP contribution >= 0.6 is 0 Å². The fraction of sp³-hybridized carbons (Fsp3) is 0.545. The number of aromatic nitrogens is 4. The number of aliphatic hydroxyl groups is 1. The van der Waals surface area contributed by atoms with Crippen LogP contribution in [0.1, 0.15) is 56.3 Å². The summed E-state index contributed by atoms with van der Waals surface area (Å²) in [6.45, 7) is 0.783. The van der Waals surface area contributed by atoms with Crippen LogP contribution in [0.5, 0.6) is 0 Å². The topological polar surface area (TPSA) is 95.0 Å². The maximum atomic E-state index is 12.4. The molecule has 0 unspecified atom stereocenters. The first-order chi connectivity index (χ1) is 14.2. The number of hydrogen-bond donors (Lipinski definition) is 2. The average Bonchev–Trinajstić information content (AvgIpc) is 3.24. The van der Waals surface area contributed by atoms with E-state index in [0.29, 0.717) is 12.8 Å². The highest BCUT2D eigenvalue weighted by atomic mass is 16.3. The molecule has 0 radical (unpaired) electrons. The lowest BCUT2D eigenvalue weighted by Gasteiger charge is -2.34. The van der Waals surface area contributed by atoms with Gasteiger partial charge in [-0.2, -0.15) is 5.21 Å². The minimum Gasteiger partial charge on any atom is -0.389 e. The number of unbranched alkanes of at least 4 members (excludes halogenated alkanes) is 3. The molecule has 156 valence electrons. The largest absolute Gasteiger partial charge is 0.389 e. The molecule has 0 aliphatic carbocycles. The van der Waals surface area contributed by atoms with E-state index in [1.165, 1.54) is 0 Å². The van der Waals surface area contributed by atoms with Crippen molar-refractivity contribution in [3.05, 3.63) is 53.9 Å². The van der Waals surface area contributed by atoms with Crippen LogP contribution in [-0.2, 0) is 17.6 Å². The zero-order chi connectivity index (χ0) is 20.3. The number of carbonyl (C=O) groups excluding carboxylic acids is 1. The van der Waals surface area contributed by atoms with E-state index in [2.05, 4.69) is 20.6 Å². The van der Waals surface area contributed by atoms with Crippen LogP contribution in [0.3, 0.4) is 0 Å². The van der Waals surface area contributed by atoms with Crippen molar-refractivity contribution in [2.75, 3.05) is 6.54 Å². The van der Waals surface area contributed by atoms with Gasteiger partial charge in [0.15, 0.2) is 5.82 Å². The molecule has 0 bridgehead atoms. The molecule has 1 amide bonds. The zero-order valence-corrected chi connectivity index (χ0v) is 16.9. The Morgan fingerprint density at radius 3 is 2.83 bits per heavy atom. The van der Waals surface area contributed by atoms with Crippen LogP contribution in [0, 0.1) is 0 Å². The summed E-state index contributed by atoms with van der Waals surface area (Å²) in [6, 6.07) is 10.1. The van der Waals surface area contributed by atoms with E-state index in [9.17, 15) is 9.90 Å². The number of likely N-dealkylation sites (tertiary alicyclic amines) is 1. The number of tetrazole rings is 1. The molecule has 7 heteroatoms. The Hall–Kier alpha value is -2.54. The van der Waals surface area contributed by atoms with Crippen LogP contribution in [0.4, 0.5) is 0 Å². The monoisotopic (exact) mass is 397 g/mol. The highest BCUT2D eigenvalue weighted by molar-refractivity contribution is 5.77. The Morgan fingerprint density at radius 2 is 2.03 bits per heavy atom. The number of carbonyl (C=O) groups is 1. The van der Waals surface area contributed by atoms with Crippen LogP contribution in [0.2, 0.25) is 0 Å². The number of H-pyrrole nitrogens is 1. The van der Waals surface area contributed by atoms with E-state index in [0.717, 1.165) is 62.9 Å². The van der Waals surface area contributed by atoms with Crippen molar-refractivity contribution in [2.24, 2.45) is 0 Å². The maximum absolute atomic E-state index is 12.4. The summed E-state index contributed by atoms with van der Waals surface area (Å²) in [6.07, 6.45) is 11.5. The van der Waals surface area contributed by atoms with Gasteiger partial charge in [0.05, 0.1) is 12.1 Å². The minimum atomic E-state index is -0.526. The zero-order valence-electron chi connectivity index (χ0n) is 16.9. The normalized spacial score (nSPS) is 18.4. The molecule has 7 nitrogen and oxygen atoms in total. The molecule has 29 heavy (non-hydrogen) atoms. The molecule has 1 aliphatic rings. The van der Waals surface area contributed by atoms with E-state index in [1.807, 2.05) is 47.4 Å². The number of amides is 1. The lowest BCUT2D eigenvalue weighted by molar-refractivity contribution is -0.135. The third-order valence-electron chi connectivity index (χ3n) is 5.39. The Morgan fingerprint density at radius 1 is 1.21 bits per heavy atom. The summed E-state index contributed by atoms with van der Waals surface area (Å²) < 4.78 is 0. The predicted octanol–water partition coefficient (Wildman–Crippen LogP) is 2.84. The molecular weight excluding hydrogens is 366 g/mol. The summed E-state index contributed by atoms with van der Waals surface area (Å²) >= 11 is 0. The van der Waals surface area contributed by atoms with E-state index in [4.69, 9.17) is 0 Å². The molecule has 2 aromatic rings. The van der Waals surface area contributed by atoms with Gasteiger partial charge >= 0.3 is 0 Å². The van der Waals surface area contributed by atoms with Crippen molar-refractivity contribution in [3.8, 4) is 0 Å². The molecule has 1 fully saturated rings. The lowest BCUT2D eigenvalue weighted by atomic mass is 9.99. The van der Waals surface area contributed by atoms with Crippen LogP contribution in [0.15, 0.2) is 42.5 Å². The number of hydrogen-bond acceptors (Lipinski definition) is 5. The second kappa shape index (κ2) is 11.5. The second-order valence-electron chi connectivity index (χ2n) is 7.68. The number of rotatable bonds is 11. The van der Waals surface area contributed by atoms with Gasteiger partial charge in [0.1, 0.15) is 0 Å². The van der Waals surface area contributed by atoms with Crippen molar-refractivity contribution < 1.29 is 9.90 Å². The minimum absolute atomic E-state index is 0.0982. The van der Waals surface area contributed by atoms with Crippen molar-refractivity contribution >= 4 is 5.91 Å². The third-order valence-corrected chi connectivity index (χ3v) is 5.39. The molecule has 1 aromatic carbocycles. The van der Waals surface area contributed by atoms with Gasteiger partial charge < -0.3 is 10.0 Å². The highest BCUT2D eigenvalue weighted by Gasteiger charge is 2.25. The number of nitrogens with zero attached hydrogens (tertiary/aromatic N) is 4. The van der Waals surface area contributed by atoms with Crippen molar-refractivity contribution in [1.29, 1.82) is 0 Å². The molecule has 2 heterocycles. The summed E-state index contributed by atoms with van der Waals surface area (Å²) in [4.78, 5) is 14.4. The Balaban J connectivity index is 1.41. The summed E-state index contributed by atoms with van der Waals surface area (Å²) in [7, 11) is 0. The Kier molecular flexibility index (Phi) is 8.37. The molecule has 1 aliphatic heterocycles. The maximum Gasteiger partial charge on any atom is 0.223 e. The molecular formula is C22H31N5O2. The van der Waals surface area contributed by atoms with Gasteiger partial charge in [-0.15, -0.1) is 10.2 Å². The molecule has 2 N–H and O–H groups in total. The van der Waals surface area contributed by atoms with Crippen LogP contribution < -0.4 is 0 Å². The Bertz CT molecular complexity index is 748. The molecule has 3 rings (SSSR count). The number of aryl methyl sites for hydroxylation is 1. The fourth-order valence-corrected chi connectivity index (χ4v) is 3.82. The molecule has 1 aromatic heterocycles. The smallest absolute Gasteiger partial charge is 0.223 e. The predicted molar refractivity (Wildman–Crippen MR) is 111 cm³/mol. The van der Waals surface area contributed by atoms with E-state index >= 15 is 0 Å². The van der Waals surface area contributed by atoms with E-state index < -0.39 is 6.10 Å². The fourth-order valence-electron chi connectivity index (χ4n) is 3.82. The van der Waals surface area contributed by atoms with Crippen LogP contribution in [0.25, 0.3) is 0 Å². The standard InChI is InChI=1S/C22H31N5O2/c28-20(17-18-9-4-3-5-10-18)15-14-19-11-8-13-22(29)27(19)16-7-2-1-6-12-21-23-25-26-24-21/h3-5,9-10,14-15,19-20,28H,1-2,6-8,11-13,16-17H2,(H,23,24,25,26)/b15-14+/t19-,20+/m1/s1.